The molecule has 1 saturated heterocycles. The first kappa shape index (κ1) is 11.9. The SMILES string of the molecule is CC1CCN(C(=O)c2ccc(O)cc2)CC1O. The summed E-state index contributed by atoms with van der Waals surface area (Å²) >= 11 is 0. The standard InChI is InChI=1S/C13H17NO3/c1-9-6-7-14(8-12(9)16)13(17)10-2-4-11(15)5-3-10/h2-5,9,12,15-16H,6-8H2,1H3. The van der Waals surface area contributed by atoms with Gasteiger partial charge in [0.15, 0.2) is 0 Å². The van der Waals surface area contributed by atoms with E-state index in [1.165, 1.54) is 12.1 Å². The van der Waals surface area contributed by atoms with Gasteiger partial charge in [0.1, 0.15) is 5.75 Å². The summed E-state index contributed by atoms with van der Waals surface area (Å²) in [4.78, 5) is 13.8. The summed E-state index contributed by atoms with van der Waals surface area (Å²) in [5.74, 6) is 0.309. The quantitative estimate of drug-likeness (QED) is 0.769. The highest BCUT2D eigenvalue weighted by Gasteiger charge is 2.27. The van der Waals surface area contributed by atoms with Crippen LogP contribution in [0.25, 0.3) is 0 Å². The summed E-state index contributed by atoms with van der Waals surface area (Å²) in [5.41, 5.74) is 0.546. The molecule has 0 bridgehead atoms. The second-order valence-electron chi connectivity index (χ2n) is 4.63. The van der Waals surface area contributed by atoms with E-state index in [1.807, 2.05) is 6.92 Å². The largest absolute Gasteiger partial charge is 0.508 e. The summed E-state index contributed by atoms with van der Waals surface area (Å²) in [7, 11) is 0. The first-order valence-electron chi connectivity index (χ1n) is 5.84. The first-order valence-corrected chi connectivity index (χ1v) is 5.84. The highest BCUT2D eigenvalue weighted by atomic mass is 16.3. The Labute approximate surface area is 100 Å². The smallest absolute Gasteiger partial charge is 0.253 e. The van der Waals surface area contributed by atoms with E-state index in [-0.39, 0.29) is 17.6 Å². The second-order valence-corrected chi connectivity index (χ2v) is 4.63. The highest BCUT2D eigenvalue weighted by molar-refractivity contribution is 5.94. The molecule has 2 rings (SSSR count). The van der Waals surface area contributed by atoms with Crippen LogP contribution in [-0.4, -0.2) is 40.2 Å². The number of carbonyl (C=O) groups excluding carboxylic acids is 1. The number of benzene rings is 1. The van der Waals surface area contributed by atoms with Crippen LogP contribution >= 0.6 is 0 Å². The van der Waals surface area contributed by atoms with Crippen LogP contribution in [-0.2, 0) is 0 Å². The van der Waals surface area contributed by atoms with Crippen LogP contribution in [0.5, 0.6) is 5.75 Å². The van der Waals surface area contributed by atoms with Crippen LogP contribution in [0.4, 0.5) is 0 Å². The number of aliphatic hydroxyl groups excluding tert-OH is 1. The second kappa shape index (κ2) is 4.75. The maximum absolute atomic E-state index is 12.1. The summed E-state index contributed by atoms with van der Waals surface area (Å²) in [6, 6.07) is 6.19. The number of aliphatic hydroxyl groups is 1. The van der Waals surface area contributed by atoms with Gasteiger partial charge in [0.2, 0.25) is 0 Å². The van der Waals surface area contributed by atoms with Crippen LogP contribution in [0.2, 0.25) is 0 Å². The van der Waals surface area contributed by atoms with Crippen LogP contribution in [0.3, 0.4) is 0 Å². The third-order valence-electron chi connectivity index (χ3n) is 3.32. The Morgan fingerprint density at radius 2 is 2.00 bits per heavy atom. The molecule has 2 atom stereocenters. The molecule has 0 aliphatic carbocycles. The number of phenolic OH excluding ortho intramolecular Hbond substituents is 1. The minimum absolute atomic E-state index is 0.0871. The number of nitrogens with zero attached hydrogens (tertiary/aromatic N) is 1. The maximum Gasteiger partial charge on any atom is 0.253 e. The van der Waals surface area contributed by atoms with E-state index in [9.17, 15) is 9.90 Å². The molecule has 4 heteroatoms. The van der Waals surface area contributed by atoms with Gasteiger partial charge >= 0.3 is 0 Å². The third-order valence-corrected chi connectivity index (χ3v) is 3.32. The number of amides is 1. The molecule has 1 fully saturated rings. The molecule has 1 aromatic carbocycles. The molecule has 17 heavy (non-hydrogen) atoms. The van der Waals surface area contributed by atoms with Gasteiger partial charge in [0.25, 0.3) is 5.91 Å². The number of rotatable bonds is 1. The fraction of sp³-hybridized carbons (Fsp3) is 0.462. The van der Waals surface area contributed by atoms with E-state index in [4.69, 9.17) is 5.11 Å². The maximum atomic E-state index is 12.1. The van der Waals surface area contributed by atoms with E-state index >= 15 is 0 Å². The molecule has 0 aromatic heterocycles. The fourth-order valence-electron chi connectivity index (χ4n) is 2.02. The first-order chi connectivity index (χ1) is 8.08. The van der Waals surface area contributed by atoms with E-state index in [0.29, 0.717) is 18.7 Å². The predicted molar refractivity (Wildman–Crippen MR) is 63.8 cm³/mol. The third kappa shape index (κ3) is 2.58. The topological polar surface area (TPSA) is 60.8 Å². The Kier molecular flexibility index (Phi) is 3.33. The average molecular weight is 235 g/mol. The molecule has 1 aliphatic rings. The lowest BCUT2D eigenvalue weighted by atomic mass is 9.95. The molecule has 1 amide bonds. The van der Waals surface area contributed by atoms with Gasteiger partial charge in [-0.1, -0.05) is 6.92 Å². The number of aromatic hydroxyl groups is 1. The van der Waals surface area contributed by atoms with E-state index in [0.717, 1.165) is 6.42 Å². The van der Waals surface area contributed by atoms with Crippen molar-refractivity contribution in [3.63, 3.8) is 0 Å². The molecule has 92 valence electrons. The molecule has 0 spiro atoms. The Morgan fingerprint density at radius 3 is 2.59 bits per heavy atom. The van der Waals surface area contributed by atoms with Gasteiger partial charge in [-0.15, -0.1) is 0 Å². The number of phenols is 1. The van der Waals surface area contributed by atoms with Gasteiger partial charge in [0, 0.05) is 18.7 Å². The summed E-state index contributed by atoms with van der Waals surface area (Å²) in [6.07, 6.45) is 0.384. The number of likely N-dealkylation sites (tertiary alicyclic amines) is 1. The highest BCUT2D eigenvalue weighted by Crippen LogP contribution is 2.19. The lowest BCUT2D eigenvalue weighted by molar-refractivity contribution is 0.0248. The van der Waals surface area contributed by atoms with E-state index in [2.05, 4.69) is 0 Å². The van der Waals surface area contributed by atoms with Crippen LogP contribution in [0, 0.1) is 5.92 Å². The lowest BCUT2D eigenvalue weighted by Gasteiger charge is -2.34. The molecular weight excluding hydrogens is 218 g/mol. The van der Waals surface area contributed by atoms with Crippen molar-refractivity contribution in [2.45, 2.75) is 19.4 Å². The van der Waals surface area contributed by atoms with Crippen molar-refractivity contribution < 1.29 is 15.0 Å². The number of β-amino-alcohol motifs (C(OH)–C–C–N with tert-alkyl or cyclic N) is 1. The molecule has 4 nitrogen and oxygen atoms in total. The number of piperidine rings is 1. The van der Waals surface area contributed by atoms with Crippen molar-refractivity contribution in [1.29, 1.82) is 0 Å². The van der Waals surface area contributed by atoms with Crippen molar-refractivity contribution in [2.24, 2.45) is 5.92 Å². The van der Waals surface area contributed by atoms with Gasteiger partial charge in [-0.05, 0) is 36.6 Å². The van der Waals surface area contributed by atoms with Crippen LogP contribution in [0.1, 0.15) is 23.7 Å². The minimum atomic E-state index is -0.440. The molecule has 2 N–H and O–H groups in total. The normalized spacial score (nSPS) is 24.7. The van der Waals surface area contributed by atoms with Crippen molar-refractivity contribution >= 4 is 5.91 Å². The lowest BCUT2D eigenvalue weighted by Crippen LogP contribution is -2.45. The number of hydrogen-bond acceptors (Lipinski definition) is 3. The zero-order chi connectivity index (χ0) is 12.4. The molecule has 1 heterocycles. The van der Waals surface area contributed by atoms with Crippen LogP contribution in [0.15, 0.2) is 24.3 Å². The Hall–Kier alpha value is -1.55. The van der Waals surface area contributed by atoms with Crippen LogP contribution < -0.4 is 0 Å². The molecule has 0 saturated carbocycles. The van der Waals surface area contributed by atoms with Crippen molar-refractivity contribution in [3.8, 4) is 5.75 Å². The molecule has 2 unspecified atom stereocenters. The number of carbonyl (C=O) groups is 1. The molecule has 0 radical (unpaired) electrons. The summed E-state index contributed by atoms with van der Waals surface area (Å²) in [6.45, 7) is 3.06. The molecule has 1 aliphatic heterocycles. The number of hydrogen-bond donors (Lipinski definition) is 2. The monoisotopic (exact) mass is 235 g/mol. The Balaban J connectivity index is 2.08. The van der Waals surface area contributed by atoms with Crippen molar-refractivity contribution in [3.05, 3.63) is 29.8 Å². The van der Waals surface area contributed by atoms with Gasteiger partial charge in [0.05, 0.1) is 6.10 Å². The predicted octanol–water partition coefficient (Wildman–Crippen LogP) is 1.24. The van der Waals surface area contributed by atoms with Gasteiger partial charge in [-0.3, -0.25) is 4.79 Å². The Bertz CT molecular complexity index is 402. The van der Waals surface area contributed by atoms with Gasteiger partial charge in [-0.25, -0.2) is 0 Å². The zero-order valence-corrected chi connectivity index (χ0v) is 9.84. The van der Waals surface area contributed by atoms with Gasteiger partial charge in [-0.2, -0.15) is 0 Å². The summed E-state index contributed by atoms with van der Waals surface area (Å²) in [5, 5.41) is 18.9. The molecular formula is C13H17NO3. The van der Waals surface area contributed by atoms with E-state index < -0.39 is 6.10 Å². The average Bonchev–Trinajstić information content (AvgIpc) is 2.33. The van der Waals surface area contributed by atoms with Crippen molar-refractivity contribution in [2.75, 3.05) is 13.1 Å². The molecule has 1 aromatic rings. The fourth-order valence-corrected chi connectivity index (χ4v) is 2.02. The summed E-state index contributed by atoms with van der Waals surface area (Å²) < 4.78 is 0. The van der Waals surface area contributed by atoms with E-state index in [1.54, 1.807) is 17.0 Å². The van der Waals surface area contributed by atoms with Gasteiger partial charge < -0.3 is 15.1 Å². The minimum Gasteiger partial charge on any atom is -0.508 e. The Morgan fingerprint density at radius 1 is 1.35 bits per heavy atom. The van der Waals surface area contributed by atoms with Crippen molar-refractivity contribution in [1.82, 2.24) is 4.90 Å². The zero-order valence-electron chi connectivity index (χ0n) is 9.84.